The normalized spacial score (nSPS) is 52.4. The van der Waals surface area contributed by atoms with Crippen LogP contribution in [0.15, 0.2) is 23.3 Å². The van der Waals surface area contributed by atoms with Crippen molar-refractivity contribution in [3.8, 4) is 0 Å². The van der Waals surface area contributed by atoms with Crippen LogP contribution in [0, 0.1) is 28.6 Å². The quantitative estimate of drug-likeness (QED) is 0.374. The van der Waals surface area contributed by atoms with Crippen molar-refractivity contribution < 1.29 is 39.1 Å². The van der Waals surface area contributed by atoms with Gasteiger partial charge in [-0.1, -0.05) is 19.9 Å². The Morgan fingerprint density at radius 3 is 2.55 bits per heavy atom. The van der Waals surface area contributed by atoms with Gasteiger partial charge in [0.2, 0.25) is 0 Å². The number of fused-ring (bicyclic) bond motifs is 5. The molecule has 38 heavy (non-hydrogen) atoms. The number of hydrogen-bond acceptors (Lipinski definition) is 8. The van der Waals surface area contributed by atoms with Crippen LogP contribution in [0.25, 0.3) is 0 Å². The summed E-state index contributed by atoms with van der Waals surface area (Å²) in [6.07, 6.45) is 7.23. The molecule has 8 nitrogen and oxygen atoms in total. The third kappa shape index (κ3) is 3.81. The van der Waals surface area contributed by atoms with E-state index in [4.69, 9.17) is 18.9 Å². The molecule has 12 unspecified atom stereocenters. The van der Waals surface area contributed by atoms with E-state index in [0.717, 1.165) is 56.1 Å². The van der Waals surface area contributed by atoms with Gasteiger partial charge in [-0.15, -0.1) is 0 Å². The summed E-state index contributed by atoms with van der Waals surface area (Å²) in [5.41, 5.74) is 1.03. The molecule has 0 aromatic heterocycles. The second-order valence-electron chi connectivity index (χ2n) is 13.3. The summed E-state index contributed by atoms with van der Waals surface area (Å²) < 4.78 is 22.8. The minimum Gasteiger partial charge on any atom is -0.458 e. The molecule has 4 aliphatic carbocycles. The van der Waals surface area contributed by atoms with Gasteiger partial charge in [-0.05, 0) is 87.0 Å². The van der Waals surface area contributed by atoms with Gasteiger partial charge in [-0.3, -0.25) is 0 Å². The molecule has 3 N–H and O–H groups in total. The molecule has 0 aromatic rings. The van der Waals surface area contributed by atoms with Crippen LogP contribution in [0.1, 0.15) is 72.1 Å². The van der Waals surface area contributed by atoms with Crippen molar-refractivity contribution in [2.75, 3.05) is 13.7 Å². The maximum Gasteiger partial charge on any atom is 0.331 e. The molecule has 3 saturated carbocycles. The first-order chi connectivity index (χ1) is 18.0. The lowest BCUT2D eigenvalue weighted by Crippen LogP contribution is -2.62. The largest absolute Gasteiger partial charge is 0.458 e. The Labute approximate surface area is 225 Å². The fourth-order valence-corrected chi connectivity index (χ4v) is 9.47. The van der Waals surface area contributed by atoms with Crippen molar-refractivity contribution in [1.82, 2.24) is 0 Å². The number of aliphatic hydroxyl groups excluding tert-OH is 2. The van der Waals surface area contributed by atoms with Crippen LogP contribution in [0.2, 0.25) is 0 Å². The van der Waals surface area contributed by atoms with Gasteiger partial charge < -0.3 is 34.3 Å². The summed E-state index contributed by atoms with van der Waals surface area (Å²) in [4.78, 5) is 11.8. The van der Waals surface area contributed by atoms with Crippen LogP contribution < -0.4 is 0 Å². The molecule has 4 fully saturated rings. The van der Waals surface area contributed by atoms with E-state index >= 15 is 0 Å². The number of methoxy groups -OCH3 is 1. The van der Waals surface area contributed by atoms with Gasteiger partial charge in [0.15, 0.2) is 6.29 Å². The highest BCUT2D eigenvalue weighted by Gasteiger charge is 2.66. The van der Waals surface area contributed by atoms with Gasteiger partial charge in [0.25, 0.3) is 0 Å². The average molecular weight is 533 g/mol. The van der Waals surface area contributed by atoms with Crippen LogP contribution in [0.5, 0.6) is 0 Å². The third-order valence-electron chi connectivity index (χ3n) is 11.8. The first kappa shape index (κ1) is 26.9. The zero-order chi connectivity index (χ0) is 27.0. The van der Waals surface area contributed by atoms with Crippen molar-refractivity contribution in [3.63, 3.8) is 0 Å². The molecule has 0 spiro atoms. The van der Waals surface area contributed by atoms with Gasteiger partial charge in [0, 0.05) is 24.2 Å². The number of ether oxygens (including phenoxy) is 4. The molecular formula is C30H44O8. The van der Waals surface area contributed by atoms with Crippen LogP contribution >= 0.6 is 0 Å². The Hall–Kier alpha value is -1.29. The van der Waals surface area contributed by atoms with Crippen molar-refractivity contribution in [1.29, 1.82) is 0 Å². The van der Waals surface area contributed by atoms with Gasteiger partial charge in [0.1, 0.15) is 24.9 Å². The Morgan fingerprint density at radius 1 is 1.05 bits per heavy atom. The maximum atomic E-state index is 12.4. The second kappa shape index (κ2) is 9.38. The molecule has 2 aliphatic heterocycles. The van der Waals surface area contributed by atoms with E-state index in [9.17, 15) is 20.1 Å². The highest BCUT2D eigenvalue weighted by molar-refractivity contribution is 5.86. The van der Waals surface area contributed by atoms with E-state index in [1.54, 1.807) is 13.0 Å². The smallest absolute Gasteiger partial charge is 0.331 e. The van der Waals surface area contributed by atoms with Crippen LogP contribution in [0.3, 0.4) is 0 Å². The Balaban J connectivity index is 1.16. The highest BCUT2D eigenvalue weighted by atomic mass is 16.7. The predicted octanol–water partition coefficient (Wildman–Crippen LogP) is 3.03. The molecule has 0 bridgehead atoms. The maximum absolute atomic E-state index is 12.4. The van der Waals surface area contributed by atoms with E-state index < -0.39 is 36.3 Å². The molecule has 0 radical (unpaired) electrons. The average Bonchev–Trinajstić information content (AvgIpc) is 3.43. The molecule has 12 atom stereocenters. The van der Waals surface area contributed by atoms with Gasteiger partial charge >= 0.3 is 5.97 Å². The first-order valence-corrected chi connectivity index (χ1v) is 14.5. The highest BCUT2D eigenvalue weighted by Crippen LogP contribution is 2.68. The number of carbonyl (C=O) groups excluding carboxylic acids is 1. The minimum absolute atomic E-state index is 0.0206. The molecule has 0 aromatic carbocycles. The minimum atomic E-state index is -1.04. The Kier molecular flexibility index (Phi) is 6.64. The number of cyclic esters (lactones) is 1. The molecule has 212 valence electrons. The Morgan fingerprint density at radius 2 is 1.84 bits per heavy atom. The van der Waals surface area contributed by atoms with E-state index in [2.05, 4.69) is 19.9 Å². The first-order valence-electron chi connectivity index (χ1n) is 14.5. The van der Waals surface area contributed by atoms with E-state index in [1.165, 1.54) is 7.11 Å². The summed E-state index contributed by atoms with van der Waals surface area (Å²) in [5, 5.41) is 33.4. The van der Waals surface area contributed by atoms with Crippen molar-refractivity contribution in [2.24, 2.45) is 28.6 Å². The monoisotopic (exact) mass is 532 g/mol. The van der Waals surface area contributed by atoms with E-state index in [-0.39, 0.29) is 28.8 Å². The van der Waals surface area contributed by atoms with Gasteiger partial charge in [-0.2, -0.15) is 0 Å². The second-order valence-corrected chi connectivity index (χ2v) is 13.3. The van der Waals surface area contributed by atoms with Crippen molar-refractivity contribution in [3.05, 3.63) is 23.3 Å². The number of hydrogen-bond donors (Lipinski definition) is 3. The fraction of sp³-hybridized carbons (Fsp3) is 0.833. The molecule has 6 aliphatic rings. The summed E-state index contributed by atoms with van der Waals surface area (Å²) in [6.45, 7) is 6.72. The van der Waals surface area contributed by atoms with Gasteiger partial charge in [0.05, 0.1) is 17.8 Å². The number of esters is 1. The van der Waals surface area contributed by atoms with E-state index in [0.29, 0.717) is 24.9 Å². The standard InChI is InChI=1S/C30H44O8/c1-16-24(32)26(35-4)25(33)27(37-16)38-19-7-10-28(2)18(14-19)5-6-22-21(28)8-11-29(3)20(9-12-30(22,29)34)17-13-23(31)36-15-17/h9,13,16,18-19,21-22,24-27,32-34H,5-8,10-12,14-15H2,1-4H3. The molecular weight excluding hydrogens is 488 g/mol. The number of carbonyl (C=O) groups is 1. The van der Waals surface area contributed by atoms with Crippen molar-refractivity contribution in [2.45, 2.75) is 115 Å². The lowest BCUT2D eigenvalue weighted by Gasteiger charge is -2.63. The number of rotatable bonds is 4. The lowest BCUT2D eigenvalue weighted by molar-refractivity contribution is -0.313. The SMILES string of the molecule is COC1C(O)C(C)OC(OC2CCC3(C)C(CCC4C3CCC3(C)C(C5=CC(=O)OC5)=CCC43O)C2)C1O. The third-order valence-corrected chi connectivity index (χ3v) is 11.8. The molecule has 1 saturated heterocycles. The zero-order valence-electron chi connectivity index (χ0n) is 23.1. The topological polar surface area (TPSA) is 115 Å². The molecule has 2 heterocycles. The number of aliphatic hydroxyl groups is 3. The summed E-state index contributed by atoms with van der Waals surface area (Å²) in [7, 11) is 1.49. The molecule has 6 rings (SSSR count). The molecule has 8 heteroatoms. The van der Waals surface area contributed by atoms with Crippen LogP contribution in [-0.2, 0) is 23.7 Å². The fourth-order valence-electron chi connectivity index (χ4n) is 9.47. The lowest BCUT2D eigenvalue weighted by atomic mass is 9.43. The van der Waals surface area contributed by atoms with Crippen LogP contribution in [0.4, 0.5) is 0 Å². The van der Waals surface area contributed by atoms with Crippen molar-refractivity contribution >= 4 is 5.97 Å². The Bertz CT molecular complexity index is 1020. The predicted molar refractivity (Wildman–Crippen MR) is 138 cm³/mol. The molecule has 0 amide bonds. The summed E-state index contributed by atoms with van der Waals surface area (Å²) in [5.74, 6) is 0.860. The summed E-state index contributed by atoms with van der Waals surface area (Å²) in [6, 6.07) is 0. The zero-order valence-corrected chi connectivity index (χ0v) is 23.1. The van der Waals surface area contributed by atoms with Crippen LogP contribution in [-0.4, -0.2) is 77.4 Å². The van der Waals surface area contributed by atoms with Gasteiger partial charge in [-0.25, -0.2) is 4.79 Å². The van der Waals surface area contributed by atoms with E-state index in [1.807, 2.05) is 0 Å². The summed E-state index contributed by atoms with van der Waals surface area (Å²) >= 11 is 0.